The highest BCUT2D eigenvalue weighted by atomic mass is 32.2. The second-order valence-electron chi connectivity index (χ2n) is 9.98. The minimum atomic E-state index is -0.459. The monoisotopic (exact) mass is 600 g/mol. The largest absolute Gasteiger partial charge is 0.484 e. The summed E-state index contributed by atoms with van der Waals surface area (Å²) in [6.07, 6.45) is 2.51. The molecule has 2 atom stereocenters. The number of benzene rings is 3. The number of hydrogen-bond donors (Lipinski definition) is 2. The zero-order chi connectivity index (χ0) is 29.5. The summed E-state index contributed by atoms with van der Waals surface area (Å²) in [5.74, 6) is 0.0709. The van der Waals surface area contributed by atoms with E-state index in [1.54, 1.807) is 18.2 Å². The van der Waals surface area contributed by atoms with Crippen LogP contribution in [0.4, 0.5) is 10.7 Å². The van der Waals surface area contributed by atoms with E-state index in [0.717, 1.165) is 34.6 Å². The number of thiophene rings is 1. The summed E-state index contributed by atoms with van der Waals surface area (Å²) in [4.78, 5) is 40.4. The molecule has 216 valence electrons. The van der Waals surface area contributed by atoms with Crippen molar-refractivity contribution in [3.63, 3.8) is 0 Å². The Morgan fingerprint density at radius 2 is 1.71 bits per heavy atom. The van der Waals surface area contributed by atoms with Gasteiger partial charge in [-0.2, -0.15) is 0 Å². The summed E-state index contributed by atoms with van der Waals surface area (Å²) in [6.45, 7) is 1.70. The molecule has 7 nitrogen and oxygen atoms in total. The first-order valence-corrected chi connectivity index (χ1v) is 15.4. The molecule has 0 saturated carbocycles. The Hall–Kier alpha value is -4.08. The van der Waals surface area contributed by atoms with E-state index in [1.807, 2.05) is 61.5 Å². The van der Waals surface area contributed by atoms with Gasteiger partial charge in [0.05, 0.1) is 17.9 Å². The van der Waals surface area contributed by atoms with E-state index >= 15 is 0 Å². The number of amides is 2. The average molecular weight is 601 g/mol. The van der Waals surface area contributed by atoms with Gasteiger partial charge < -0.3 is 20.1 Å². The van der Waals surface area contributed by atoms with Crippen LogP contribution in [0.15, 0.2) is 89.8 Å². The standard InChI is InChI=1S/C33H32N2O5S2/c1-21(41-26-15-9-12-24(19-26)34-29(36)20-40-25-13-7-4-8-14-25)31(37)35-32-30(33(38)39-2)27-17-16-23(18-28(27)42-32)22-10-5-3-6-11-22/h3-15,19,21,23H,16-18,20H2,1-2H3,(H,34,36)(H,35,37). The van der Waals surface area contributed by atoms with Gasteiger partial charge in [-0.25, -0.2) is 4.79 Å². The number of carbonyl (C=O) groups is 3. The van der Waals surface area contributed by atoms with Crippen LogP contribution in [0, 0.1) is 0 Å². The predicted molar refractivity (Wildman–Crippen MR) is 168 cm³/mol. The van der Waals surface area contributed by atoms with Crippen molar-refractivity contribution in [1.82, 2.24) is 0 Å². The van der Waals surface area contributed by atoms with Crippen molar-refractivity contribution in [2.45, 2.75) is 42.2 Å². The van der Waals surface area contributed by atoms with Crippen LogP contribution in [0.5, 0.6) is 5.75 Å². The number of ether oxygens (including phenoxy) is 2. The number of hydrogen-bond acceptors (Lipinski definition) is 7. The third kappa shape index (κ3) is 7.21. The highest BCUT2D eigenvalue weighted by Gasteiger charge is 2.31. The van der Waals surface area contributed by atoms with E-state index in [9.17, 15) is 14.4 Å². The van der Waals surface area contributed by atoms with Crippen LogP contribution in [0.25, 0.3) is 0 Å². The van der Waals surface area contributed by atoms with Crippen molar-refractivity contribution >= 4 is 51.6 Å². The van der Waals surface area contributed by atoms with Crippen molar-refractivity contribution in [3.05, 3.63) is 106 Å². The molecule has 0 aliphatic heterocycles. The molecule has 1 aromatic heterocycles. The molecule has 4 aromatic rings. The molecule has 0 radical (unpaired) electrons. The van der Waals surface area contributed by atoms with Gasteiger partial charge >= 0.3 is 5.97 Å². The highest BCUT2D eigenvalue weighted by Crippen LogP contribution is 2.43. The third-order valence-corrected chi connectivity index (χ3v) is 9.34. The number of anilines is 2. The van der Waals surface area contributed by atoms with E-state index in [1.165, 1.54) is 35.8 Å². The van der Waals surface area contributed by atoms with Crippen LogP contribution >= 0.6 is 23.1 Å². The van der Waals surface area contributed by atoms with Crippen molar-refractivity contribution in [3.8, 4) is 5.75 Å². The molecule has 1 heterocycles. The fourth-order valence-corrected chi connectivity index (χ4v) is 7.23. The second-order valence-corrected chi connectivity index (χ2v) is 12.5. The number of rotatable bonds is 10. The summed E-state index contributed by atoms with van der Waals surface area (Å²) in [6, 6.07) is 26.9. The molecular formula is C33H32N2O5S2. The molecule has 0 saturated heterocycles. The molecule has 9 heteroatoms. The minimum Gasteiger partial charge on any atom is -0.484 e. The number of esters is 1. The molecule has 3 aromatic carbocycles. The number of methoxy groups -OCH3 is 1. The van der Waals surface area contributed by atoms with Gasteiger partial charge in [-0.3, -0.25) is 9.59 Å². The maximum Gasteiger partial charge on any atom is 0.341 e. The number of carbonyl (C=O) groups excluding carboxylic acids is 3. The van der Waals surface area contributed by atoms with Crippen LogP contribution in [0.3, 0.4) is 0 Å². The first-order chi connectivity index (χ1) is 20.4. The van der Waals surface area contributed by atoms with Gasteiger partial charge in [0, 0.05) is 15.5 Å². The SMILES string of the molecule is COC(=O)c1c(NC(=O)C(C)Sc2cccc(NC(=O)COc3ccccc3)c2)sc2c1CCC(c1ccccc1)C2. The molecule has 1 aliphatic rings. The highest BCUT2D eigenvalue weighted by molar-refractivity contribution is 8.00. The fourth-order valence-electron chi connectivity index (χ4n) is 4.98. The van der Waals surface area contributed by atoms with Crippen LogP contribution < -0.4 is 15.4 Å². The Morgan fingerprint density at radius 1 is 0.976 bits per heavy atom. The van der Waals surface area contributed by atoms with Gasteiger partial charge in [0.15, 0.2) is 6.61 Å². The lowest BCUT2D eigenvalue weighted by Gasteiger charge is -2.22. The summed E-state index contributed by atoms with van der Waals surface area (Å²) >= 11 is 2.84. The van der Waals surface area contributed by atoms with Crippen LogP contribution in [0.2, 0.25) is 0 Å². The molecule has 2 unspecified atom stereocenters. The Labute approximate surface area is 253 Å². The van der Waals surface area contributed by atoms with Gasteiger partial charge in [0.1, 0.15) is 10.8 Å². The number of fused-ring (bicyclic) bond motifs is 1. The van der Waals surface area contributed by atoms with E-state index in [2.05, 4.69) is 22.8 Å². The molecule has 2 N–H and O–H groups in total. The second kappa shape index (κ2) is 13.7. The Balaban J connectivity index is 1.22. The topological polar surface area (TPSA) is 93.7 Å². The van der Waals surface area contributed by atoms with Crippen LogP contribution in [-0.4, -0.2) is 36.8 Å². The van der Waals surface area contributed by atoms with Gasteiger partial charge in [0.2, 0.25) is 5.91 Å². The normalized spacial score (nSPS) is 14.8. The average Bonchev–Trinajstić information content (AvgIpc) is 3.37. The Morgan fingerprint density at radius 3 is 2.45 bits per heavy atom. The molecule has 42 heavy (non-hydrogen) atoms. The van der Waals surface area contributed by atoms with Gasteiger partial charge in [0.25, 0.3) is 5.91 Å². The zero-order valence-electron chi connectivity index (χ0n) is 23.4. The molecule has 0 bridgehead atoms. The quantitative estimate of drug-likeness (QED) is 0.151. The third-order valence-electron chi connectivity index (χ3n) is 7.08. The lowest BCUT2D eigenvalue weighted by Crippen LogP contribution is -2.23. The summed E-state index contributed by atoms with van der Waals surface area (Å²) in [7, 11) is 1.37. The summed E-state index contributed by atoms with van der Waals surface area (Å²) in [5.41, 5.74) is 3.35. The van der Waals surface area contributed by atoms with Gasteiger partial charge in [-0.15, -0.1) is 23.1 Å². The number of para-hydroxylation sites is 1. The molecule has 0 spiro atoms. The lowest BCUT2D eigenvalue weighted by molar-refractivity contribution is -0.118. The zero-order valence-corrected chi connectivity index (χ0v) is 25.1. The minimum absolute atomic E-state index is 0.112. The predicted octanol–water partition coefficient (Wildman–Crippen LogP) is 6.94. The molecule has 5 rings (SSSR count). The van der Waals surface area contributed by atoms with E-state index in [0.29, 0.717) is 27.9 Å². The number of nitrogens with one attached hydrogen (secondary N) is 2. The van der Waals surface area contributed by atoms with Crippen molar-refractivity contribution in [2.24, 2.45) is 0 Å². The maximum atomic E-state index is 13.3. The van der Waals surface area contributed by atoms with Gasteiger partial charge in [-0.1, -0.05) is 54.6 Å². The van der Waals surface area contributed by atoms with Crippen LogP contribution in [0.1, 0.15) is 45.6 Å². The van der Waals surface area contributed by atoms with Crippen molar-refractivity contribution < 1.29 is 23.9 Å². The van der Waals surface area contributed by atoms with Crippen molar-refractivity contribution in [1.29, 1.82) is 0 Å². The molecule has 2 amide bonds. The Bertz CT molecular complexity index is 1560. The summed E-state index contributed by atoms with van der Waals surface area (Å²) in [5, 5.41) is 5.93. The first kappa shape index (κ1) is 29.4. The van der Waals surface area contributed by atoms with E-state index in [4.69, 9.17) is 9.47 Å². The number of thioether (sulfide) groups is 1. The Kier molecular flexibility index (Phi) is 9.61. The van der Waals surface area contributed by atoms with Crippen LogP contribution in [-0.2, 0) is 27.2 Å². The molecule has 0 fully saturated rings. The molecule has 1 aliphatic carbocycles. The van der Waals surface area contributed by atoms with Crippen molar-refractivity contribution in [2.75, 3.05) is 24.4 Å². The lowest BCUT2D eigenvalue weighted by atomic mass is 9.83. The summed E-state index contributed by atoms with van der Waals surface area (Å²) < 4.78 is 10.6. The maximum absolute atomic E-state index is 13.3. The van der Waals surface area contributed by atoms with Gasteiger partial charge in [-0.05, 0) is 73.6 Å². The fraction of sp³-hybridized carbons (Fsp3) is 0.242. The molecular weight excluding hydrogens is 569 g/mol. The first-order valence-electron chi connectivity index (χ1n) is 13.7. The smallest absolute Gasteiger partial charge is 0.341 e. The van der Waals surface area contributed by atoms with E-state index in [-0.39, 0.29) is 18.4 Å². The van der Waals surface area contributed by atoms with E-state index < -0.39 is 11.2 Å².